The number of halogens is 1. The number of thioether (sulfide) groups is 1. The van der Waals surface area contributed by atoms with Crippen LogP contribution in [0.3, 0.4) is 0 Å². The summed E-state index contributed by atoms with van der Waals surface area (Å²) in [5, 5.41) is 1.44. The molecule has 2 fully saturated rings. The Morgan fingerprint density at radius 3 is 2.47 bits per heavy atom. The summed E-state index contributed by atoms with van der Waals surface area (Å²) in [6.45, 7) is 0. The first-order valence-electron chi connectivity index (χ1n) is 7.46. The Kier molecular flexibility index (Phi) is 4.65. The minimum Gasteiger partial charge on any atom is -0.237 e. The van der Waals surface area contributed by atoms with Crippen molar-refractivity contribution in [2.24, 2.45) is 0 Å². The second kappa shape index (κ2) is 6.45. The van der Waals surface area contributed by atoms with Crippen molar-refractivity contribution in [3.63, 3.8) is 0 Å². The van der Waals surface area contributed by atoms with E-state index in [1.165, 1.54) is 57.1 Å². The molecule has 0 bridgehead atoms. The average Bonchev–Trinajstić information content (AvgIpc) is 3.09. The molecular formula is C15H21ClN2S. The van der Waals surface area contributed by atoms with Crippen molar-refractivity contribution in [1.82, 2.24) is 9.97 Å². The molecule has 0 radical (unpaired) electrons. The molecule has 0 saturated heterocycles. The summed E-state index contributed by atoms with van der Waals surface area (Å²) in [6, 6.07) is 1.97. The molecule has 1 aromatic heterocycles. The zero-order valence-corrected chi connectivity index (χ0v) is 12.8. The van der Waals surface area contributed by atoms with Crippen LogP contribution in [0.1, 0.15) is 68.8 Å². The maximum atomic E-state index is 6.16. The van der Waals surface area contributed by atoms with Gasteiger partial charge in [-0.2, -0.15) is 11.8 Å². The van der Waals surface area contributed by atoms with Gasteiger partial charge in [0.2, 0.25) is 0 Å². The van der Waals surface area contributed by atoms with Gasteiger partial charge in [-0.3, -0.25) is 0 Å². The third kappa shape index (κ3) is 3.63. The van der Waals surface area contributed by atoms with E-state index in [2.05, 4.69) is 4.98 Å². The van der Waals surface area contributed by atoms with Crippen LogP contribution in [-0.4, -0.2) is 15.2 Å². The van der Waals surface area contributed by atoms with Crippen LogP contribution in [0.4, 0.5) is 0 Å². The molecule has 0 atom stereocenters. The van der Waals surface area contributed by atoms with Gasteiger partial charge in [-0.1, -0.05) is 37.3 Å². The highest BCUT2D eigenvalue weighted by molar-refractivity contribution is 7.99. The van der Waals surface area contributed by atoms with Crippen LogP contribution in [0, 0.1) is 0 Å². The van der Waals surface area contributed by atoms with E-state index >= 15 is 0 Å². The van der Waals surface area contributed by atoms with Crippen molar-refractivity contribution in [2.75, 3.05) is 0 Å². The van der Waals surface area contributed by atoms with Crippen molar-refractivity contribution in [3.05, 3.63) is 22.7 Å². The topological polar surface area (TPSA) is 25.8 Å². The molecule has 4 heteroatoms. The van der Waals surface area contributed by atoms with Crippen molar-refractivity contribution in [2.45, 2.75) is 68.3 Å². The lowest BCUT2D eigenvalue weighted by atomic mass is 10.0. The minimum atomic E-state index is 0.621. The SMILES string of the molecule is Clc1cc(C2CCCC2)nc(CSC2CCCC2)n1. The molecular weight excluding hydrogens is 276 g/mol. The van der Waals surface area contributed by atoms with E-state index in [4.69, 9.17) is 16.6 Å². The van der Waals surface area contributed by atoms with E-state index in [1.807, 2.05) is 17.8 Å². The fourth-order valence-corrected chi connectivity index (χ4v) is 4.62. The van der Waals surface area contributed by atoms with Gasteiger partial charge in [0.05, 0.1) is 5.75 Å². The van der Waals surface area contributed by atoms with Crippen LogP contribution in [-0.2, 0) is 5.75 Å². The largest absolute Gasteiger partial charge is 0.237 e. The van der Waals surface area contributed by atoms with E-state index < -0.39 is 0 Å². The summed E-state index contributed by atoms with van der Waals surface area (Å²) in [5.41, 5.74) is 1.18. The predicted molar refractivity (Wildman–Crippen MR) is 81.8 cm³/mol. The van der Waals surface area contributed by atoms with Gasteiger partial charge in [0.15, 0.2) is 0 Å². The van der Waals surface area contributed by atoms with Gasteiger partial charge in [-0.05, 0) is 31.7 Å². The molecule has 0 aromatic carbocycles. The first kappa shape index (κ1) is 13.7. The molecule has 2 aliphatic carbocycles. The zero-order chi connectivity index (χ0) is 13.1. The average molecular weight is 297 g/mol. The van der Waals surface area contributed by atoms with Crippen LogP contribution in [0.15, 0.2) is 6.07 Å². The Hall–Kier alpha value is -0.280. The van der Waals surface area contributed by atoms with Crippen molar-refractivity contribution < 1.29 is 0 Å². The highest BCUT2D eigenvalue weighted by Gasteiger charge is 2.20. The summed E-state index contributed by atoms with van der Waals surface area (Å²) in [4.78, 5) is 9.16. The third-order valence-electron chi connectivity index (χ3n) is 4.28. The van der Waals surface area contributed by atoms with Crippen LogP contribution < -0.4 is 0 Å². The highest BCUT2D eigenvalue weighted by atomic mass is 35.5. The van der Waals surface area contributed by atoms with Crippen LogP contribution in [0.5, 0.6) is 0 Å². The summed E-state index contributed by atoms with van der Waals surface area (Å²) in [6.07, 6.45) is 10.7. The number of nitrogens with zero attached hydrogens (tertiary/aromatic N) is 2. The minimum absolute atomic E-state index is 0.621. The number of aromatic nitrogens is 2. The maximum Gasteiger partial charge on any atom is 0.140 e. The van der Waals surface area contributed by atoms with E-state index in [0.717, 1.165) is 16.8 Å². The summed E-state index contributed by atoms with van der Waals surface area (Å²) in [7, 11) is 0. The Labute approximate surface area is 124 Å². The Morgan fingerprint density at radius 2 is 1.74 bits per heavy atom. The molecule has 2 saturated carbocycles. The lowest BCUT2D eigenvalue weighted by molar-refractivity contribution is 0.688. The summed E-state index contributed by atoms with van der Waals surface area (Å²) < 4.78 is 0. The lowest BCUT2D eigenvalue weighted by Crippen LogP contribution is -2.04. The van der Waals surface area contributed by atoms with Crippen molar-refractivity contribution in [3.8, 4) is 0 Å². The van der Waals surface area contributed by atoms with Gasteiger partial charge in [-0.25, -0.2) is 9.97 Å². The molecule has 3 rings (SSSR count). The maximum absolute atomic E-state index is 6.16. The first-order valence-corrected chi connectivity index (χ1v) is 8.89. The van der Waals surface area contributed by atoms with Gasteiger partial charge in [0, 0.05) is 16.9 Å². The normalized spacial score (nSPS) is 21.3. The molecule has 1 aromatic rings. The molecule has 0 aliphatic heterocycles. The first-order chi connectivity index (χ1) is 9.31. The molecule has 1 heterocycles. The van der Waals surface area contributed by atoms with E-state index in [0.29, 0.717) is 11.1 Å². The fraction of sp³-hybridized carbons (Fsp3) is 0.733. The van der Waals surface area contributed by atoms with E-state index in [1.54, 1.807) is 0 Å². The van der Waals surface area contributed by atoms with Gasteiger partial charge in [-0.15, -0.1) is 0 Å². The zero-order valence-electron chi connectivity index (χ0n) is 11.3. The molecule has 0 N–H and O–H groups in total. The molecule has 0 unspecified atom stereocenters. The smallest absolute Gasteiger partial charge is 0.140 e. The summed E-state index contributed by atoms with van der Waals surface area (Å²) in [5.74, 6) is 2.48. The molecule has 2 nitrogen and oxygen atoms in total. The number of rotatable bonds is 4. The number of hydrogen-bond donors (Lipinski definition) is 0. The Morgan fingerprint density at radius 1 is 1.05 bits per heavy atom. The van der Waals surface area contributed by atoms with Gasteiger partial charge in [0.25, 0.3) is 0 Å². The predicted octanol–water partition coefficient (Wildman–Crippen LogP) is 4.96. The van der Waals surface area contributed by atoms with Gasteiger partial charge in [0.1, 0.15) is 11.0 Å². The van der Waals surface area contributed by atoms with E-state index in [9.17, 15) is 0 Å². The highest BCUT2D eigenvalue weighted by Crippen LogP contribution is 2.35. The quantitative estimate of drug-likeness (QED) is 0.734. The van der Waals surface area contributed by atoms with Crippen molar-refractivity contribution in [1.29, 1.82) is 0 Å². The second-order valence-corrected chi connectivity index (χ2v) is 7.41. The number of hydrogen-bond acceptors (Lipinski definition) is 3. The van der Waals surface area contributed by atoms with E-state index in [-0.39, 0.29) is 0 Å². The van der Waals surface area contributed by atoms with Crippen LogP contribution in [0.2, 0.25) is 5.15 Å². The van der Waals surface area contributed by atoms with Crippen LogP contribution >= 0.6 is 23.4 Å². The molecule has 0 spiro atoms. The fourth-order valence-electron chi connectivity index (χ4n) is 3.23. The molecule has 2 aliphatic rings. The molecule has 104 valence electrons. The Balaban J connectivity index is 1.66. The van der Waals surface area contributed by atoms with Crippen molar-refractivity contribution >= 4 is 23.4 Å². The Bertz CT molecular complexity index is 426. The summed E-state index contributed by atoms with van der Waals surface area (Å²) >= 11 is 8.18. The monoisotopic (exact) mass is 296 g/mol. The van der Waals surface area contributed by atoms with Crippen LogP contribution in [0.25, 0.3) is 0 Å². The van der Waals surface area contributed by atoms with Gasteiger partial charge < -0.3 is 0 Å². The lowest BCUT2D eigenvalue weighted by Gasteiger charge is -2.12. The van der Waals surface area contributed by atoms with Gasteiger partial charge >= 0.3 is 0 Å². The molecule has 0 amide bonds. The standard InChI is InChI=1S/C15H21ClN2S/c16-14-9-13(11-5-1-2-6-11)17-15(18-14)10-19-12-7-3-4-8-12/h9,11-12H,1-8,10H2. The molecule has 19 heavy (non-hydrogen) atoms. The second-order valence-electron chi connectivity index (χ2n) is 5.73. The third-order valence-corrected chi connectivity index (χ3v) is 5.85.